The second kappa shape index (κ2) is 9.44. The van der Waals surface area contributed by atoms with Gasteiger partial charge in [0.15, 0.2) is 0 Å². The minimum atomic E-state index is -0.903. The second-order valence-electron chi connectivity index (χ2n) is 5.31. The predicted molar refractivity (Wildman–Crippen MR) is 92.3 cm³/mol. The molecule has 1 atom stereocenters. The van der Waals surface area contributed by atoms with E-state index in [0.29, 0.717) is 17.1 Å². The van der Waals surface area contributed by atoms with Crippen molar-refractivity contribution >= 4 is 11.9 Å². The number of nitrogens with zero attached hydrogens (tertiary/aromatic N) is 2. The third-order valence-corrected chi connectivity index (χ3v) is 3.60. The standard InChI is InChI=1S/C19H15N3O5/c1-25-19(24)17(10-13-2-6-15(7-3-13)26-11-20)22-18(23)14-4-8-16(9-5-14)27-12-21/h2-9,17H,10H2,1H3,(H,22,23). The molecule has 136 valence electrons. The van der Waals surface area contributed by atoms with E-state index in [2.05, 4.69) is 10.1 Å². The number of hydrogen-bond acceptors (Lipinski definition) is 7. The number of amides is 1. The van der Waals surface area contributed by atoms with Crippen LogP contribution in [0.15, 0.2) is 48.5 Å². The molecule has 2 rings (SSSR count). The van der Waals surface area contributed by atoms with Gasteiger partial charge in [-0.25, -0.2) is 4.79 Å². The Morgan fingerprint density at radius 3 is 1.96 bits per heavy atom. The largest absolute Gasteiger partial charge is 0.467 e. The molecule has 0 saturated carbocycles. The summed E-state index contributed by atoms with van der Waals surface area (Å²) < 4.78 is 14.1. The number of hydrogen-bond donors (Lipinski definition) is 1. The quantitative estimate of drug-likeness (QED) is 0.587. The molecule has 27 heavy (non-hydrogen) atoms. The normalized spacial score (nSPS) is 10.6. The van der Waals surface area contributed by atoms with Crippen molar-refractivity contribution in [1.82, 2.24) is 5.32 Å². The summed E-state index contributed by atoms with van der Waals surface area (Å²) in [6.45, 7) is 0. The highest BCUT2D eigenvalue weighted by molar-refractivity contribution is 5.96. The summed E-state index contributed by atoms with van der Waals surface area (Å²) in [6, 6.07) is 11.5. The number of methoxy groups -OCH3 is 1. The van der Waals surface area contributed by atoms with E-state index in [1.807, 2.05) is 0 Å². The minimum absolute atomic E-state index is 0.195. The Bertz CT molecular complexity index is 880. The van der Waals surface area contributed by atoms with Crippen LogP contribution in [-0.4, -0.2) is 25.0 Å². The van der Waals surface area contributed by atoms with E-state index in [4.69, 9.17) is 20.0 Å². The zero-order chi connectivity index (χ0) is 19.6. The third kappa shape index (κ3) is 5.48. The average Bonchev–Trinajstić information content (AvgIpc) is 2.69. The van der Waals surface area contributed by atoms with Gasteiger partial charge in [-0.2, -0.15) is 0 Å². The molecule has 0 radical (unpaired) electrons. The first-order chi connectivity index (χ1) is 13.1. The lowest BCUT2D eigenvalue weighted by molar-refractivity contribution is -0.142. The van der Waals surface area contributed by atoms with Crippen molar-refractivity contribution in [3.05, 3.63) is 59.7 Å². The highest BCUT2D eigenvalue weighted by Crippen LogP contribution is 2.15. The Labute approximate surface area is 155 Å². The maximum absolute atomic E-state index is 12.4. The van der Waals surface area contributed by atoms with E-state index in [0.717, 1.165) is 5.56 Å². The summed E-state index contributed by atoms with van der Waals surface area (Å²) in [6.07, 6.45) is 3.30. The van der Waals surface area contributed by atoms with Crippen LogP contribution in [0.5, 0.6) is 11.5 Å². The summed E-state index contributed by atoms with van der Waals surface area (Å²) in [5.41, 5.74) is 1.04. The van der Waals surface area contributed by atoms with Crippen molar-refractivity contribution in [1.29, 1.82) is 10.5 Å². The number of ether oxygens (including phenoxy) is 3. The minimum Gasteiger partial charge on any atom is -0.467 e. The van der Waals surface area contributed by atoms with Gasteiger partial charge < -0.3 is 19.5 Å². The number of nitrogens with one attached hydrogen (secondary N) is 1. The first-order valence-electron chi connectivity index (χ1n) is 7.77. The predicted octanol–water partition coefficient (Wildman–Crippen LogP) is 1.92. The Kier molecular flexibility index (Phi) is 6.75. The van der Waals surface area contributed by atoms with Crippen molar-refractivity contribution < 1.29 is 23.8 Å². The van der Waals surface area contributed by atoms with Crippen LogP contribution in [0, 0.1) is 23.0 Å². The molecular formula is C19H15N3O5. The first kappa shape index (κ1) is 19.3. The smallest absolute Gasteiger partial charge is 0.328 e. The molecule has 8 heteroatoms. The van der Waals surface area contributed by atoms with Crippen LogP contribution in [0.2, 0.25) is 0 Å². The number of rotatable bonds is 7. The fourth-order valence-electron chi connectivity index (χ4n) is 2.29. The van der Waals surface area contributed by atoms with Crippen molar-refractivity contribution in [3.8, 4) is 24.0 Å². The monoisotopic (exact) mass is 365 g/mol. The van der Waals surface area contributed by atoms with Gasteiger partial charge in [-0.15, -0.1) is 10.5 Å². The number of carbonyl (C=O) groups is 2. The number of esters is 1. The fourth-order valence-corrected chi connectivity index (χ4v) is 2.29. The highest BCUT2D eigenvalue weighted by Gasteiger charge is 2.22. The zero-order valence-electron chi connectivity index (χ0n) is 14.3. The summed E-state index contributed by atoms with van der Waals surface area (Å²) in [7, 11) is 1.24. The maximum Gasteiger partial charge on any atom is 0.328 e. The van der Waals surface area contributed by atoms with Crippen LogP contribution in [-0.2, 0) is 16.0 Å². The third-order valence-electron chi connectivity index (χ3n) is 3.60. The van der Waals surface area contributed by atoms with Crippen molar-refractivity contribution in [2.24, 2.45) is 0 Å². The molecule has 0 aromatic heterocycles. The topological polar surface area (TPSA) is 121 Å². The summed E-state index contributed by atoms with van der Waals surface area (Å²) >= 11 is 0. The summed E-state index contributed by atoms with van der Waals surface area (Å²) in [5.74, 6) is -0.388. The Morgan fingerprint density at radius 2 is 1.48 bits per heavy atom. The van der Waals surface area contributed by atoms with Gasteiger partial charge in [0.2, 0.25) is 0 Å². The van der Waals surface area contributed by atoms with Gasteiger partial charge in [0.1, 0.15) is 17.5 Å². The molecule has 2 aromatic rings. The van der Waals surface area contributed by atoms with E-state index in [-0.39, 0.29) is 6.42 Å². The molecule has 1 N–H and O–H groups in total. The van der Waals surface area contributed by atoms with Crippen LogP contribution in [0.4, 0.5) is 0 Å². The van der Waals surface area contributed by atoms with Crippen LogP contribution >= 0.6 is 0 Å². The lowest BCUT2D eigenvalue weighted by atomic mass is 10.0. The first-order valence-corrected chi connectivity index (χ1v) is 7.77. The van der Waals surface area contributed by atoms with E-state index < -0.39 is 17.9 Å². The molecule has 0 heterocycles. The van der Waals surface area contributed by atoms with Crippen molar-refractivity contribution in [3.63, 3.8) is 0 Å². The van der Waals surface area contributed by atoms with Crippen LogP contribution < -0.4 is 14.8 Å². The molecule has 0 aliphatic carbocycles. The highest BCUT2D eigenvalue weighted by atomic mass is 16.5. The molecule has 1 unspecified atom stereocenters. The molecule has 0 aliphatic heterocycles. The lowest BCUT2D eigenvalue weighted by Gasteiger charge is -2.17. The van der Waals surface area contributed by atoms with Gasteiger partial charge in [0.05, 0.1) is 7.11 Å². The molecule has 0 aliphatic rings. The molecule has 0 saturated heterocycles. The molecule has 1 amide bonds. The molecule has 8 nitrogen and oxygen atoms in total. The molecule has 2 aromatic carbocycles. The maximum atomic E-state index is 12.4. The molecule has 0 bridgehead atoms. The second-order valence-corrected chi connectivity index (χ2v) is 5.31. The van der Waals surface area contributed by atoms with Gasteiger partial charge in [0.25, 0.3) is 18.4 Å². The van der Waals surface area contributed by atoms with Gasteiger partial charge in [-0.05, 0) is 42.0 Å². The Balaban J connectivity index is 2.09. The Morgan fingerprint density at radius 1 is 0.963 bits per heavy atom. The van der Waals surface area contributed by atoms with E-state index >= 15 is 0 Å². The summed E-state index contributed by atoms with van der Waals surface area (Å²) in [5, 5.41) is 19.6. The number of nitriles is 2. The van der Waals surface area contributed by atoms with E-state index in [1.54, 1.807) is 30.5 Å². The Hall–Kier alpha value is -4.04. The SMILES string of the molecule is COC(=O)C(Cc1ccc(OC#N)cc1)NC(=O)c1ccc(OC#N)cc1. The molecular weight excluding hydrogens is 350 g/mol. The fraction of sp³-hybridized carbons (Fsp3) is 0.158. The lowest BCUT2D eigenvalue weighted by Crippen LogP contribution is -2.43. The van der Waals surface area contributed by atoms with Gasteiger partial charge in [-0.3, -0.25) is 4.79 Å². The number of benzene rings is 2. The summed E-state index contributed by atoms with van der Waals surface area (Å²) in [4.78, 5) is 24.4. The van der Waals surface area contributed by atoms with Crippen molar-refractivity contribution in [2.75, 3.05) is 7.11 Å². The number of carbonyl (C=O) groups excluding carboxylic acids is 2. The average molecular weight is 365 g/mol. The molecule has 0 spiro atoms. The van der Waals surface area contributed by atoms with E-state index in [1.165, 1.54) is 37.6 Å². The van der Waals surface area contributed by atoms with Crippen LogP contribution in [0.25, 0.3) is 0 Å². The van der Waals surface area contributed by atoms with Gasteiger partial charge in [0, 0.05) is 12.0 Å². The van der Waals surface area contributed by atoms with Crippen LogP contribution in [0.3, 0.4) is 0 Å². The van der Waals surface area contributed by atoms with Crippen molar-refractivity contribution in [2.45, 2.75) is 12.5 Å². The van der Waals surface area contributed by atoms with Gasteiger partial charge >= 0.3 is 5.97 Å². The van der Waals surface area contributed by atoms with Crippen LogP contribution in [0.1, 0.15) is 15.9 Å². The zero-order valence-corrected chi connectivity index (χ0v) is 14.3. The molecule has 0 fully saturated rings. The van der Waals surface area contributed by atoms with E-state index in [9.17, 15) is 9.59 Å². The van der Waals surface area contributed by atoms with Gasteiger partial charge in [-0.1, -0.05) is 12.1 Å².